The number of hydrogen-bond acceptors (Lipinski definition) is 5. The number of nitrogens with one attached hydrogen (secondary N) is 1. The summed E-state index contributed by atoms with van der Waals surface area (Å²) in [5.41, 5.74) is 1.72. The molecule has 21 heavy (non-hydrogen) atoms. The molecule has 0 spiro atoms. The van der Waals surface area contributed by atoms with E-state index in [0.717, 1.165) is 12.1 Å². The predicted molar refractivity (Wildman–Crippen MR) is 79.0 cm³/mol. The molecule has 0 fully saturated rings. The van der Waals surface area contributed by atoms with Gasteiger partial charge in [0.2, 0.25) is 5.88 Å². The van der Waals surface area contributed by atoms with Crippen LogP contribution in [0.2, 0.25) is 0 Å². The molecule has 0 radical (unpaired) electrons. The van der Waals surface area contributed by atoms with Crippen molar-refractivity contribution in [1.82, 2.24) is 19.7 Å². The predicted octanol–water partition coefficient (Wildman–Crippen LogP) is 2.46. The molecule has 0 atom stereocenters. The fourth-order valence-electron chi connectivity index (χ4n) is 2.16. The van der Waals surface area contributed by atoms with E-state index in [2.05, 4.69) is 20.4 Å². The molecule has 114 valence electrons. The van der Waals surface area contributed by atoms with Crippen LogP contribution in [0.4, 0.5) is 10.2 Å². The molecule has 0 saturated heterocycles. The van der Waals surface area contributed by atoms with Crippen LogP contribution in [-0.4, -0.2) is 33.4 Å². The second-order valence-electron chi connectivity index (χ2n) is 4.82. The molecule has 0 amide bonds. The van der Waals surface area contributed by atoms with Gasteiger partial charge < -0.3 is 10.1 Å². The first-order chi connectivity index (χ1) is 9.99. The number of anilines is 1. The number of aryl methyl sites for hydroxylation is 3. The van der Waals surface area contributed by atoms with Crippen molar-refractivity contribution in [3.05, 3.63) is 17.2 Å². The molecule has 0 aliphatic heterocycles. The summed E-state index contributed by atoms with van der Waals surface area (Å²) in [6, 6.07) is 0. The number of ether oxygens (including phenoxy) is 1. The molecule has 6 nitrogen and oxygen atoms in total. The van der Waals surface area contributed by atoms with Gasteiger partial charge in [-0.1, -0.05) is 6.92 Å². The van der Waals surface area contributed by atoms with Crippen molar-refractivity contribution >= 4 is 5.82 Å². The second kappa shape index (κ2) is 6.07. The third-order valence-corrected chi connectivity index (χ3v) is 3.15. The average molecular weight is 293 g/mol. The fourth-order valence-corrected chi connectivity index (χ4v) is 2.16. The van der Waals surface area contributed by atoms with Gasteiger partial charge in [0.25, 0.3) is 0 Å². The van der Waals surface area contributed by atoms with E-state index >= 15 is 0 Å². The van der Waals surface area contributed by atoms with Gasteiger partial charge in [-0.05, 0) is 20.3 Å². The molecule has 2 rings (SSSR count). The van der Waals surface area contributed by atoms with Gasteiger partial charge in [-0.25, -0.2) is 19.0 Å². The minimum Gasteiger partial charge on any atom is -0.481 e. The Bertz CT molecular complexity index is 653. The van der Waals surface area contributed by atoms with E-state index in [-0.39, 0.29) is 5.82 Å². The van der Waals surface area contributed by atoms with Crippen LogP contribution in [0.15, 0.2) is 0 Å². The van der Waals surface area contributed by atoms with Crippen LogP contribution in [0.3, 0.4) is 0 Å². The van der Waals surface area contributed by atoms with E-state index in [1.54, 1.807) is 25.8 Å². The van der Waals surface area contributed by atoms with Gasteiger partial charge in [-0.2, -0.15) is 5.10 Å². The van der Waals surface area contributed by atoms with Gasteiger partial charge in [0.05, 0.1) is 18.5 Å². The first-order valence-electron chi connectivity index (χ1n) is 6.85. The summed E-state index contributed by atoms with van der Waals surface area (Å²) in [5.74, 6) is 0.757. The Hall–Kier alpha value is -2.18. The first-order valence-corrected chi connectivity index (χ1v) is 6.85. The lowest BCUT2D eigenvalue weighted by Gasteiger charge is -2.10. The zero-order valence-corrected chi connectivity index (χ0v) is 13.0. The molecule has 0 bridgehead atoms. The lowest BCUT2D eigenvalue weighted by Crippen LogP contribution is -2.08. The summed E-state index contributed by atoms with van der Waals surface area (Å²) in [4.78, 5) is 8.53. The molecule has 0 aromatic carbocycles. The Labute approximate surface area is 123 Å². The highest BCUT2D eigenvalue weighted by Gasteiger charge is 2.21. The zero-order chi connectivity index (χ0) is 15.6. The van der Waals surface area contributed by atoms with Crippen LogP contribution in [0.5, 0.6) is 5.88 Å². The van der Waals surface area contributed by atoms with Crippen LogP contribution >= 0.6 is 0 Å². The second-order valence-corrected chi connectivity index (χ2v) is 4.82. The third kappa shape index (κ3) is 2.81. The summed E-state index contributed by atoms with van der Waals surface area (Å²) in [6.07, 6.45) is 0.882. The fraction of sp³-hybridized carbons (Fsp3) is 0.500. The Kier molecular flexibility index (Phi) is 4.40. The van der Waals surface area contributed by atoms with E-state index in [9.17, 15) is 4.39 Å². The topological polar surface area (TPSA) is 64.9 Å². The normalized spacial score (nSPS) is 10.8. The summed E-state index contributed by atoms with van der Waals surface area (Å²) < 4.78 is 21.0. The number of rotatable bonds is 5. The van der Waals surface area contributed by atoms with Gasteiger partial charge in [0.15, 0.2) is 17.5 Å². The monoisotopic (exact) mass is 293 g/mol. The van der Waals surface area contributed by atoms with Crippen molar-refractivity contribution in [3.63, 3.8) is 0 Å². The standard InChI is InChI=1S/C14H20FN5O/c1-6-7-16-13-11(15)9(3)17-12(18-13)10-8(2)19-20(4)14(10)21-5/h6-7H2,1-5H3,(H,16,17,18). The number of aromatic nitrogens is 4. The summed E-state index contributed by atoms with van der Waals surface area (Å²) >= 11 is 0. The van der Waals surface area contributed by atoms with E-state index < -0.39 is 5.82 Å². The molecule has 2 aromatic heterocycles. The van der Waals surface area contributed by atoms with Gasteiger partial charge in [0, 0.05) is 13.6 Å². The maximum atomic E-state index is 14.1. The van der Waals surface area contributed by atoms with Crippen LogP contribution in [0.1, 0.15) is 24.7 Å². The van der Waals surface area contributed by atoms with Crippen molar-refractivity contribution in [1.29, 1.82) is 0 Å². The van der Waals surface area contributed by atoms with Crippen molar-refractivity contribution < 1.29 is 9.13 Å². The summed E-state index contributed by atoms with van der Waals surface area (Å²) in [6.45, 7) is 6.12. The maximum absolute atomic E-state index is 14.1. The Morgan fingerprint density at radius 2 is 1.95 bits per heavy atom. The van der Waals surface area contributed by atoms with Gasteiger partial charge in [-0.15, -0.1) is 0 Å². The molecular weight excluding hydrogens is 273 g/mol. The average Bonchev–Trinajstić information content (AvgIpc) is 2.74. The van der Waals surface area contributed by atoms with E-state index in [1.807, 2.05) is 13.8 Å². The van der Waals surface area contributed by atoms with Gasteiger partial charge in [0.1, 0.15) is 5.56 Å². The SMILES string of the molecule is CCCNc1nc(-c2c(C)nn(C)c2OC)nc(C)c1F. The summed E-state index contributed by atoms with van der Waals surface area (Å²) in [5, 5.41) is 7.28. The van der Waals surface area contributed by atoms with Crippen molar-refractivity contribution in [2.24, 2.45) is 7.05 Å². The number of methoxy groups -OCH3 is 1. The molecular formula is C14H20FN5O. The van der Waals surface area contributed by atoms with Crippen molar-refractivity contribution in [2.45, 2.75) is 27.2 Å². The number of hydrogen-bond donors (Lipinski definition) is 1. The third-order valence-electron chi connectivity index (χ3n) is 3.15. The molecule has 2 aromatic rings. The molecule has 0 unspecified atom stereocenters. The quantitative estimate of drug-likeness (QED) is 0.917. The Morgan fingerprint density at radius 1 is 1.24 bits per heavy atom. The van der Waals surface area contributed by atoms with E-state index in [1.165, 1.54) is 0 Å². The molecule has 7 heteroatoms. The number of nitrogens with zero attached hydrogens (tertiary/aromatic N) is 4. The minimum atomic E-state index is -0.423. The Balaban J connectivity index is 2.57. The lowest BCUT2D eigenvalue weighted by molar-refractivity contribution is 0.374. The van der Waals surface area contributed by atoms with E-state index in [0.29, 0.717) is 29.5 Å². The zero-order valence-electron chi connectivity index (χ0n) is 13.0. The Morgan fingerprint density at radius 3 is 2.57 bits per heavy atom. The highest BCUT2D eigenvalue weighted by atomic mass is 19.1. The van der Waals surface area contributed by atoms with Crippen molar-refractivity contribution in [3.8, 4) is 17.3 Å². The maximum Gasteiger partial charge on any atom is 0.222 e. The van der Waals surface area contributed by atoms with Gasteiger partial charge >= 0.3 is 0 Å². The number of halogens is 1. The van der Waals surface area contributed by atoms with E-state index in [4.69, 9.17) is 4.74 Å². The molecule has 1 N–H and O–H groups in total. The van der Waals surface area contributed by atoms with Gasteiger partial charge in [-0.3, -0.25) is 0 Å². The molecule has 0 aliphatic rings. The van der Waals surface area contributed by atoms with Crippen LogP contribution < -0.4 is 10.1 Å². The largest absolute Gasteiger partial charge is 0.481 e. The van der Waals surface area contributed by atoms with Crippen LogP contribution in [0.25, 0.3) is 11.4 Å². The summed E-state index contributed by atoms with van der Waals surface area (Å²) in [7, 11) is 3.34. The lowest BCUT2D eigenvalue weighted by atomic mass is 10.2. The highest BCUT2D eigenvalue weighted by Crippen LogP contribution is 2.31. The highest BCUT2D eigenvalue weighted by molar-refractivity contribution is 5.66. The van der Waals surface area contributed by atoms with Crippen molar-refractivity contribution in [2.75, 3.05) is 19.0 Å². The van der Waals surface area contributed by atoms with Crippen LogP contribution in [-0.2, 0) is 7.05 Å². The molecule has 0 aliphatic carbocycles. The molecule has 2 heterocycles. The van der Waals surface area contributed by atoms with Crippen LogP contribution in [0, 0.1) is 19.7 Å². The first kappa shape index (κ1) is 15.2. The molecule has 0 saturated carbocycles. The smallest absolute Gasteiger partial charge is 0.222 e. The minimum absolute atomic E-state index is 0.213.